The van der Waals surface area contributed by atoms with E-state index >= 15 is 0 Å². The summed E-state index contributed by atoms with van der Waals surface area (Å²) in [5, 5.41) is 3.53. The maximum atomic E-state index is 13.4. The number of nitrogens with one attached hydrogen (secondary N) is 1. The highest BCUT2D eigenvalue weighted by Gasteiger charge is 2.53. The van der Waals surface area contributed by atoms with Gasteiger partial charge in [0.1, 0.15) is 0 Å². The summed E-state index contributed by atoms with van der Waals surface area (Å²) in [4.78, 5) is 18.3. The van der Waals surface area contributed by atoms with E-state index in [1.807, 2.05) is 0 Å². The van der Waals surface area contributed by atoms with Crippen molar-refractivity contribution in [2.45, 2.75) is 57.5 Å². The van der Waals surface area contributed by atoms with Crippen molar-refractivity contribution in [3.05, 3.63) is 0 Å². The van der Waals surface area contributed by atoms with Gasteiger partial charge in [-0.1, -0.05) is 12.8 Å². The van der Waals surface area contributed by atoms with Gasteiger partial charge in [-0.2, -0.15) is 0 Å². The fourth-order valence-corrected chi connectivity index (χ4v) is 5.42. The van der Waals surface area contributed by atoms with Gasteiger partial charge in [0.05, 0.1) is 5.41 Å². The summed E-state index contributed by atoms with van der Waals surface area (Å²) in [5.74, 6) is 1.07. The molecule has 118 valence electrons. The van der Waals surface area contributed by atoms with Crippen LogP contribution in [0.25, 0.3) is 0 Å². The average Bonchev–Trinajstić information content (AvgIpc) is 3.12. The largest absolute Gasteiger partial charge is 0.337 e. The third-order valence-corrected chi connectivity index (χ3v) is 6.66. The SMILES string of the molecule is CC1CN2CCCC2CN1C(=O)[C@@]12CCCC[C@H]1CNC2. The molecule has 0 bridgehead atoms. The number of hydrogen-bond donors (Lipinski definition) is 1. The number of fused-ring (bicyclic) bond motifs is 2. The van der Waals surface area contributed by atoms with Gasteiger partial charge in [0.25, 0.3) is 0 Å². The molecular formula is C17H29N3O. The van der Waals surface area contributed by atoms with Crippen molar-refractivity contribution in [2.75, 3.05) is 32.7 Å². The fraction of sp³-hybridized carbons (Fsp3) is 0.941. The molecule has 4 aliphatic rings. The Morgan fingerprint density at radius 1 is 1.19 bits per heavy atom. The highest BCUT2D eigenvalue weighted by Crippen LogP contribution is 2.45. The molecule has 4 rings (SSSR count). The zero-order valence-corrected chi connectivity index (χ0v) is 13.3. The van der Waals surface area contributed by atoms with Crippen LogP contribution in [0.5, 0.6) is 0 Å². The number of amides is 1. The average molecular weight is 291 g/mol. The van der Waals surface area contributed by atoms with E-state index < -0.39 is 0 Å². The quantitative estimate of drug-likeness (QED) is 0.794. The Balaban J connectivity index is 1.56. The van der Waals surface area contributed by atoms with E-state index in [2.05, 4.69) is 22.0 Å². The summed E-state index contributed by atoms with van der Waals surface area (Å²) in [6.45, 7) is 7.55. The number of carbonyl (C=O) groups excluding carboxylic acids is 1. The number of piperazine rings is 1. The van der Waals surface area contributed by atoms with Crippen LogP contribution in [-0.4, -0.2) is 60.5 Å². The monoisotopic (exact) mass is 291 g/mol. The van der Waals surface area contributed by atoms with E-state index in [0.717, 1.165) is 32.6 Å². The summed E-state index contributed by atoms with van der Waals surface area (Å²) in [5.41, 5.74) is -0.0622. The van der Waals surface area contributed by atoms with Crippen LogP contribution in [0.1, 0.15) is 45.4 Å². The van der Waals surface area contributed by atoms with Gasteiger partial charge in [-0.25, -0.2) is 0 Å². The molecule has 4 nitrogen and oxygen atoms in total. The first-order valence-electron chi connectivity index (χ1n) is 8.96. The lowest BCUT2D eigenvalue weighted by Crippen LogP contribution is -2.61. The third-order valence-electron chi connectivity index (χ3n) is 6.66. The molecule has 4 fully saturated rings. The summed E-state index contributed by atoms with van der Waals surface area (Å²) in [6.07, 6.45) is 7.51. The maximum Gasteiger partial charge on any atom is 0.230 e. The molecule has 0 radical (unpaired) electrons. The maximum absolute atomic E-state index is 13.4. The normalized spacial score (nSPS) is 43.7. The molecule has 21 heavy (non-hydrogen) atoms. The van der Waals surface area contributed by atoms with Gasteiger partial charge in [-0.05, 0) is 51.6 Å². The van der Waals surface area contributed by atoms with Gasteiger partial charge in [-0.3, -0.25) is 9.69 Å². The zero-order chi connectivity index (χ0) is 14.4. The second kappa shape index (κ2) is 5.24. The standard InChI is InChI=1S/C17H29N3O/c1-13-10-19-8-4-6-15(19)11-20(13)16(21)17-7-3-2-5-14(17)9-18-12-17/h13-15,18H,2-12H2,1H3/t13?,14-,15?,17+/m0/s1. The molecule has 4 heteroatoms. The van der Waals surface area contributed by atoms with Crippen LogP contribution < -0.4 is 5.32 Å². The van der Waals surface area contributed by atoms with Crippen molar-refractivity contribution in [1.29, 1.82) is 0 Å². The summed E-state index contributed by atoms with van der Waals surface area (Å²) in [6, 6.07) is 1.03. The fourth-order valence-electron chi connectivity index (χ4n) is 5.42. The molecule has 0 aromatic heterocycles. The van der Waals surface area contributed by atoms with Crippen LogP contribution in [0.3, 0.4) is 0 Å². The Bertz CT molecular complexity index is 426. The predicted octanol–water partition coefficient (Wildman–Crippen LogP) is 1.46. The number of hydrogen-bond acceptors (Lipinski definition) is 3. The van der Waals surface area contributed by atoms with E-state index in [9.17, 15) is 4.79 Å². The first kappa shape index (κ1) is 14.0. The molecular weight excluding hydrogens is 262 g/mol. The minimum atomic E-state index is -0.0622. The Labute approximate surface area is 128 Å². The zero-order valence-electron chi connectivity index (χ0n) is 13.3. The van der Waals surface area contributed by atoms with E-state index in [0.29, 0.717) is 23.9 Å². The van der Waals surface area contributed by atoms with Gasteiger partial charge >= 0.3 is 0 Å². The first-order chi connectivity index (χ1) is 10.2. The predicted molar refractivity (Wildman–Crippen MR) is 83.0 cm³/mol. The van der Waals surface area contributed by atoms with Crippen molar-refractivity contribution >= 4 is 5.91 Å². The Kier molecular flexibility index (Phi) is 3.49. The molecule has 2 unspecified atom stereocenters. The number of carbonyl (C=O) groups is 1. The molecule has 0 aromatic rings. The number of rotatable bonds is 1. The smallest absolute Gasteiger partial charge is 0.230 e. The molecule has 1 saturated carbocycles. The Morgan fingerprint density at radius 3 is 3.00 bits per heavy atom. The molecule has 0 aromatic carbocycles. The molecule has 1 aliphatic carbocycles. The van der Waals surface area contributed by atoms with Crippen LogP contribution in [-0.2, 0) is 4.79 Å². The number of nitrogens with zero attached hydrogens (tertiary/aromatic N) is 2. The van der Waals surface area contributed by atoms with Gasteiger partial charge in [0.2, 0.25) is 5.91 Å². The van der Waals surface area contributed by atoms with Crippen molar-refractivity contribution in [1.82, 2.24) is 15.1 Å². The molecule has 3 heterocycles. The lowest BCUT2D eigenvalue weighted by molar-refractivity contribution is -0.151. The molecule has 1 amide bonds. The highest BCUT2D eigenvalue weighted by molar-refractivity contribution is 5.84. The third kappa shape index (κ3) is 2.14. The van der Waals surface area contributed by atoms with Gasteiger partial charge in [-0.15, -0.1) is 0 Å². The molecule has 4 atom stereocenters. The second-order valence-corrected chi connectivity index (χ2v) is 7.83. The molecule has 3 aliphatic heterocycles. The van der Waals surface area contributed by atoms with Gasteiger partial charge in [0, 0.05) is 31.7 Å². The summed E-state index contributed by atoms with van der Waals surface area (Å²) < 4.78 is 0. The van der Waals surface area contributed by atoms with Crippen LogP contribution in [0.4, 0.5) is 0 Å². The van der Waals surface area contributed by atoms with Crippen molar-refractivity contribution in [2.24, 2.45) is 11.3 Å². The topological polar surface area (TPSA) is 35.6 Å². The molecule has 0 spiro atoms. The van der Waals surface area contributed by atoms with Crippen molar-refractivity contribution in [3.8, 4) is 0 Å². The molecule has 3 saturated heterocycles. The van der Waals surface area contributed by atoms with Crippen LogP contribution in [0, 0.1) is 11.3 Å². The highest BCUT2D eigenvalue weighted by atomic mass is 16.2. The van der Waals surface area contributed by atoms with E-state index in [1.165, 1.54) is 38.6 Å². The van der Waals surface area contributed by atoms with Crippen LogP contribution >= 0.6 is 0 Å². The van der Waals surface area contributed by atoms with E-state index in [1.54, 1.807) is 0 Å². The summed E-state index contributed by atoms with van der Waals surface area (Å²) >= 11 is 0. The molecule has 1 N–H and O–H groups in total. The van der Waals surface area contributed by atoms with E-state index in [4.69, 9.17) is 0 Å². The minimum Gasteiger partial charge on any atom is -0.337 e. The second-order valence-electron chi connectivity index (χ2n) is 7.83. The van der Waals surface area contributed by atoms with Crippen LogP contribution in [0.15, 0.2) is 0 Å². The lowest BCUT2D eigenvalue weighted by Gasteiger charge is -2.47. The van der Waals surface area contributed by atoms with Crippen LogP contribution in [0.2, 0.25) is 0 Å². The van der Waals surface area contributed by atoms with E-state index in [-0.39, 0.29) is 5.41 Å². The van der Waals surface area contributed by atoms with Gasteiger partial charge in [0.15, 0.2) is 0 Å². The van der Waals surface area contributed by atoms with Crippen molar-refractivity contribution < 1.29 is 4.79 Å². The Morgan fingerprint density at radius 2 is 2.10 bits per heavy atom. The summed E-state index contributed by atoms with van der Waals surface area (Å²) in [7, 11) is 0. The Hall–Kier alpha value is -0.610. The minimum absolute atomic E-state index is 0.0622. The van der Waals surface area contributed by atoms with Crippen molar-refractivity contribution in [3.63, 3.8) is 0 Å². The first-order valence-corrected chi connectivity index (χ1v) is 8.96. The van der Waals surface area contributed by atoms with Gasteiger partial charge < -0.3 is 10.2 Å². The lowest BCUT2D eigenvalue weighted by atomic mass is 9.67.